The average Bonchev–Trinajstić information content (AvgIpc) is 2.31. The van der Waals surface area contributed by atoms with Crippen molar-refractivity contribution in [2.24, 2.45) is 0 Å². The molecule has 10 heavy (non-hydrogen) atoms. The molecular weight excluding hydrogens is 127 g/mol. The van der Waals surface area contributed by atoms with Crippen LogP contribution in [0.15, 0.2) is 11.5 Å². The Hall–Kier alpha value is -0.275. The molecule has 0 fully saturated rings. The Morgan fingerprint density at radius 1 is 1.80 bits per heavy atom. The first-order chi connectivity index (χ1) is 4.83. The van der Waals surface area contributed by atoms with Gasteiger partial charge in [0.1, 0.15) is 0 Å². The molecule has 1 rings (SSSR count). The van der Waals surface area contributed by atoms with Crippen molar-refractivity contribution in [3.05, 3.63) is 11.5 Å². The SMILES string of the molecule is CCCCC1=CB(O)OC1. The van der Waals surface area contributed by atoms with E-state index in [9.17, 15) is 0 Å². The Kier molecular flexibility index (Phi) is 2.96. The minimum Gasteiger partial charge on any atom is -0.423 e. The first-order valence-corrected chi connectivity index (χ1v) is 3.82. The van der Waals surface area contributed by atoms with Crippen molar-refractivity contribution in [2.75, 3.05) is 6.61 Å². The molecule has 0 amide bonds. The molecule has 0 unspecified atom stereocenters. The van der Waals surface area contributed by atoms with Crippen molar-refractivity contribution in [1.82, 2.24) is 0 Å². The summed E-state index contributed by atoms with van der Waals surface area (Å²) in [5, 5.41) is 8.90. The maximum absolute atomic E-state index is 8.90. The maximum Gasteiger partial charge on any atom is 0.483 e. The highest BCUT2D eigenvalue weighted by atomic mass is 16.5. The number of rotatable bonds is 3. The van der Waals surface area contributed by atoms with Crippen molar-refractivity contribution in [2.45, 2.75) is 26.2 Å². The van der Waals surface area contributed by atoms with Crippen LogP contribution in [0, 0.1) is 0 Å². The molecular formula is C7H13BO2. The summed E-state index contributed by atoms with van der Waals surface area (Å²) in [6, 6.07) is 0. The van der Waals surface area contributed by atoms with Crippen molar-refractivity contribution in [1.29, 1.82) is 0 Å². The molecule has 0 saturated carbocycles. The summed E-state index contributed by atoms with van der Waals surface area (Å²) in [7, 11) is -0.633. The van der Waals surface area contributed by atoms with Crippen LogP contribution in [0.1, 0.15) is 26.2 Å². The molecule has 2 nitrogen and oxygen atoms in total. The molecule has 0 spiro atoms. The first-order valence-electron chi connectivity index (χ1n) is 3.82. The normalized spacial score (nSPS) is 17.8. The maximum atomic E-state index is 8.90. The van der Waals surface area contributed by atoms with Gasteiger partial charge in [-0.1, -0.05) is 24.9 Å². The molecule has 0 saturated heterocycles. The second kappa shape index (κ2) is 3.79. The van der Waals surface area contributed by atoms with Crippen LogP contribution in [-0.2, 0) is 4.65 Å². The van der Waals surface area contributed by atoms with Crippen molar-refractivity contribution >= 4 is 7.12 Å². The van der Waals surface area contributed by atoms with E-state index in [1.165, 1.54) is 18.4 Å². The molecule has 0 aromatic rings. The second-order valence-corrected chi connectivity index (χ2v) is 2.63. The Bertz CT molecular complexity index is 134. The van der Waals surface area contributed by atoms with E-state index in [0.717, 1.165) is 6.42 Å². The van der Waals surface area contributed by atoms with Gasteiger partial charge in [0, 0.05) is 0 Å². The van der Waals surface area contributed by atoms with Crippen LogP contribution in [-0.4, -0.2) is 18.7 Å². The Morgan fingerprint density at radius 2 is 2.60 bits per heavy atom. The van der Waals surface area contributed by atoms with Gasteiger partial charge in [0.05, 0.1) is 6.61 Å². The zero-order valence-corrected chi connectivity index (χ0v) is 6.34. The quantitative estimate of drug-likeness (QED) is 0.595. The molecule has 1 N–H and O–H groups in total. The van der Waals surface area contributed by atoms with Gasteiger partial charge in [-0.15, -0.1) is 0 Å². The van der Waals surface area contributed by atoms with E-state index in [-0.39, 0.29) is 0 Å². The summed E-state index contributed by atoms with van der Waals surface area (Å²) in [5.74, 6) is 1.80. The van der Waals surface area contributed by atoms with Gasteiger partial charge >= 0.3 is 7.12 Å². The standard InChI is InChI=1S/C7H13BO2/c1-2-3-4-7-5-8(9)10-6-7/h5,9H,2-4,6H2,1H3. The van der Waals surface area contributed by atoms with Crippen molar-refractivity contribution in [3.8, 4) is 0 Å². The lowest BCUT2D eigenvalue weighted by Crippen LogP contribution is -2.07. The molecule has 1 aliphatic heterocycles. The molecule has 1 aliphatic rings. The van der Waals surface area contributed by atoms with Gasteiger partial charge in [-0.25, -0.2) is 0 Å². The molecule has 0 aromatic carbocycles. The van der Waals surface area contributed by atoms with Gasteiger partial charge in [-0.3, -0.25) is 0 Å². The molecule has 0 aromatic heterocycles. The van der Waals surface area contributed by atoms with Crippen LogP contribution in [0.3, 0.4) is 0 Å². The minimum absolute atomic E-state index is 0.626. The summed E-state index contributed by atoms with van der Waals surface area (Å²) in [5.41, 5.74) is 1.24. The molecule has 3 heteroatoms. The average molecular weight is 140 g/mol. The topological polar surface area (TPSA) is 29.5 Å². The second-order valence-electron chi connectivity index (χ2n) is 2.63. The van der Waals surface area contributed by atoms with Crippen LogP contribution in [0.5, 0.6) is 0 Å². The van der Waals surface area contributed by atoms with Crippen LogP contribution in [0.2, 0.25) is 0 Å². The minimum atomic E-state index is -0.633. The third-order valence-corrected chi connectivity index (χ3v) is 1.67. The van der Waals surface area contributed by atoms with E-state index in [1.54, 1.807) is 5.98 Å². The van der Waals surface area contributed by atoms with Crippen LogP contribution in [0.4, 0.5) is 0 Å². The summed E-state index contributed by atoms with van der Waals surface area (Å²) in [6.45, 7) is 2.79. The van der Waals surface area contributed by atoms with Crippen molar-refractivity contribution < 1.29 is 9.68 Å². The molecule has 0 bridgehead atoms. The van der Waals surface area contributed by atoms with Crippen LogP contribution < -0.4 is 0 Å². The van der Waals surface area contributed by atoms with E-state index >= 15 is 0 Å². The van der Waals surface area contributed by atoms with Gasteiger partial charge in [0.15, 0.2) is 0 Å². The smallest absolute Gasteiger partial charge is 0.423 e. The third-order valence-electron chi connectivity index (χ3n) is 1.67. The highest BCUT2D eigenvalue weighted by molar-refractivity contribution is 6.50. The van der Waals surface area contributed by atoms with E-state index < -0.39 is 7.12 Å². The number of unbranched alkanes of at least 4 members (excludes halogenated alkanes) is 1. The zero-order chi connectivity index (χ0) is 7.40. The fraction of sp³-hybridized carbons (Fsp3) is 0.714. The van der Waals surface area contributed by atoms with E-state index in [0.29, 0.717) is 6.61 Å². The number of hydrogen-bond acceptors (Lipinski definition) is 2. The van der Waals surface area contributed by atoms with Crippen LogP contribution in [0.25, 0.3) is 0 Å². The van der Waals surface area contributed by atoms with Gasteiger partial charge in [-0.2, -0.15) is 0 Å². The lowest BCUT2D eigenvalue weighted by Gasteiger charge is -1.97. The van der Waals surface area contributed by atoms with Crippen LogP contribution >= 0.6 is 0 Å². The van der Waals surface area contributed by atoms with Gasteiger partial charge in [-0.05, 0) is 12.8 Å². The summed E-state index contributed by atoms with van der Waals surface area (Å²) < 4.78 is 4.93. The zero-order valence-electron chi connectivity index (χ0n) is 6.34. The highest BCUT2D eigenvalue weighted by Gasteiger charge is 2.17. The summed E-state index contributed by atoms with van der Waals surface area (Å²) >= 11 is 0. The Labute approximate surface area is 62.0 Å². The Morgan fingerprint density at radius 3 is 3.10 bits per heavy atom. The monoisotopic (exact) mass is 140 g/mol. The Balaban J connectivity index is 2.22. The molecule has 56 valence electrons. The van der Waals surface area contributed by atoms with E-state index in [2.05, 4.69) is 6.92 Å². The van der Waals surface area contributed by atoms with Crippen molar-refractivity contribution in [3.63, 3.8) is 0 Å². The molecule has 0 atom stereocenters. The van der Waals surface area contributed by atoms with Gasteiger partial charge < -0.3 is 9.68 Å². The number of hydrogen-bond donors (Lipinski definition) is 1. The predicted octanol–water partition coefficient (Wildman–Crippen LogP) is 1.15. The fourth-order valence-corrected chi connectivity index (χ4v) is 1.05. The van der Waals surface area contributed by atoms with E-state index in [1.807, 2.05) is 0 Å². The van der Waals surface area contributed by atoms with E-state index in [4.69, 9.17) is 9.68 Å². The highest BCUT2D eigenvalue weighted by Crippen LogP contribution is 2.13. The lowest BCUT2D eigenvalue weighted by atomic mass is 9.90. The first kappa shape index (κ1) is 7.83. The molecule has 0 aliphatic carbocycles. The lowest BCUT2D eigenvalue weighted by molar-refractivity contribution is 0.307. The summed E-state index contributed by atoms with van der Waals surface area (Å²) in [4.78, 5) is 0. The third kappa shape index (κ3) is 2.16. The fourth-order valence-electron chi connectivity index (χ4n) is 1.05. The largest absolute Gasteiger partial charge is 0.483 e. The van der Waals surface area contributed by atoms with Gasteiger partial charge in [0.2, 0.25) is 0 Å². The predicted molar refractivity (Wildman–Crippen MR) is 41.5 cm³/mol. The molecule has 1 heterocycles. The molecule has 0 radical (unpaired) electrons. The van der Waals surface area contributed by atoms with Gasteiger partial charge in [0.25, 0.3) is 0 Å². The summed E-state index contributed by atoms with van der Waals surface area (Å²) in [6.07, 6.45) is 3.48.